The van der Waals surface area contributed by atoms with Crippen LogP contribution in [0.4, 0.5) is 22.7 Å². The monoisotopic (exact) mass is 724 g/mol. The van der Waals surface area contributed by atoms with E-state index in [1.807, 2.05) is 24.8 Å². The lowest BCUT2D eigenvalue weighted by molar-refractivity contribution is 0.589. The van der Waals surface area contributed by atoms with Gasteiger partial charge in [0.25, 0.3) is 0 Å². The number of anilines is 4. The molecule has 12 nitrogen and oxygen atoms in total. The summed E-state index contributed by atoms with van der Waals surface area (Å²) >= 11 is 0. The maximum atomic E-state index is 4.86. The first-order valence-electron chi connectivity index (χ1n) is 18.7. The minimum absolute atomic E-state index is 0.0949. The number of benzene rings is 2. The van der Waals surface area contributed by atoms with Crippen LogP contribution in [0.5, 0.6) is 0 Å². The zero-order valence-electron chi connectivity index (χ0n) is 34.1. The molecule has 0 unspecified atom stereocenters. The van der Waals surface area contributed by atoms with Crippen LogP contribution in [0.15, 0.2) is 72.8 Å². The zero-order chi connectivity index (χ0) is 38.8. The molecule has 0 aliphatic carbocycles. The smallest absolute Gasteiger partial charge is 0.198 e. The Bertz CT molecular complexity index is 2240. The summed E-state index contributed by atoms with van der Waals surface area (Å²) in [5, 5.41) is 9.34. The molecule has 0 saturated carbocycles. The van der Waals surface area contributed by atoms with Gasteiger partial charge in [0, 0.05) is 0 Å². The Balaban J connectivity index is 1.62. The molecule has 0 radical (unpaired) electrons. The molecule has 2 aliphatic heterocycles. The summed E-state index contributed by atoms with van der Waals surface area (Å²) in [6.07, 6.45) is 7.79. The molecule has 6 heterocycles. The molecule has 8 rings (SSSR count). The molecule has 0 bridgehead atoms. The quantitative estimate of drug-likeness (QED) is 0.179. The summed E-state index contributed by atoms with van der Waals surface area (Å²) in [7, 11) is 0. The average molecular weight is 725 g/mol. The third-order valence-corrected chi connectivity index (χ3v) is 10.7. The van der Waals surface area contributed by atoms with Crippen LogP contribution >= 0.6 is 0 Å². The van der Waals surface area contributed by atoms with Gasteiger partial charge in [0.05, 0.1) is 70.3 Å². The van der Waals surface area contributed by atoms with Crippen molar-refractivity contribution in [1.82, 2.24) is 38.6 Å². The summed E-state index contributed by atoms with van der Waals surface area (Å²) in [5.74, 6) is 5.24. The Morgan fingerprint density at radius 2 is 0.630 bits per heavy atom. The first kappa shape index (κ1) is 35.3. The largest absolute Gasteiger partial charge is 0.240 e. The first-order chi connectivity index (χ1) is 25.4. The number of hydrogen-bond donors (Lipinski definition) is 0. The van der Waals surface area contributed by atoms with Gasteiger partial charge in [-0.2, -0.15) is 0 Å². The third kappa shape index (κ3) is 5.09. The van der Waals surface area contributed by atoms with Crippen LogP contribution in [-0.2, 0) is 10.8 Å². The van der Waals surface area contributed by atoms with Crippen molar-refractivity contribution in [1.29, 1.82) is 0 Å². The SMILES string of the molecule is Cc1cnc(C)n1N1/C(=C2/N(n3c(C)cnc3C)c3ccc(C(C)(C)C)cc3N2n2c(C)cnc2C)N(n2c(C)cnc2C)c2cc(C(C)(C)C)ccc21. The molecule has 2 aliphatic rings. The summed E-state index contributed by atoms with van der Waals surface area (Å²) in [4.78, 5) is 19.4. The fourth-order valence-corrected chi connectivity index (χ4v) is 7.92. The predicted octanol–water partition coefficient (Wildman–Crippen LogP) is 8.47. The Morgan fingerprint density at radius 1 is 0.370 bits per heavy atom. The molecule has 0 spiro atoms. The van der Waals surface area contributed by atoms with E-state index in [0.29, 0.717) is 0 Å². The molecule has 6 aromatic rings. The second kappa shape index (κ2) is 11.9. The van der Waals surface area contributed by atoms with Crippen molar-refractivity contribution in [2.75, 3.05) is 20.0 Å². The molecule has 2 aromatic carbocycles. The molecule has 0 saturated heterocycles. The van der Waals surface area contributed by atoms with Gasteiger partial charge in [0.15, 0.2) is 11.6 Å². The summed E-state index contributed by atoms with van der Waals surface area (Å²) in [6.45, 7) is 30.3. The fourth-order valence-electron chi connectivity index (χ4n) is 7.92. The third-order valence-electron chi connectivity index (χ3n) is 10.7. The van der Waals surface area contributed by atoms with Crippen LogP contribution in [0.25, 0.3) is 0 Å². The highest BCUT2D eigenvalue weighted by molar-refractivity contribution is 5.89. The van der Waals surface area contributed by atoms with Crippen LogP contribution in [-0.4, -0.2) is 38.6 Å². The Morgan fingerprint density at radius 3 is 0.852 bits per heavy atom. The normalized spacial score (nSPS) is 16.0. The highest BCUT2D eigenvalue weighted by Gasteiger charge is 2.48. The second-order valence-electron chi connectivity index (χ2n) is 16.8. The van der Waals surface area contributed by atoms with Crippen LogP contribution in [0.1, 0.15) is 98.7 Å². The zero-order valence-corrected chi connectivity index (χ0v) is 34.1. The number of aromatic nitrogens is 8. The van der Waals surface area contributed by atoms with Gasteiger partial charge in [-0.3, -0.25) is 0 Å². The van der Waals surface area contributed by atoms with Crippen LogP contribution in [0.2, 0.25) is 0 Å². The molecule has 54 heavy (non-hydrogen) atoms. The van der Waals surface area contributed by atoms with E-state index in [1.165, 1.54) is 11.1 Å². The predicted molar refractivity (Wildman–Crippen MR) is 216 cm³/mol. The highest BCUT2D eigenvalue weighted by Crippen LogP contribution is 2.52. The number of aryl methyl sites for hydroxylation is 8. The van der Waals surface area contributed by atoms with E-state index in [4.69, 9.17) is 19.9 Å². The molecule has 0 fully saturated rings. The lowest BCUT2D eigenvalue weighted by atomic mass is 9.86. The Kier molecular flexibility index (Phi) is 7.75. The van der Waals surface area contributed by atoms with Crippen molar-refractivity contribution in [3.05, 3.63) is 130 Å². The Hall–Kier alpha value is -5.78. The standard InChI is InChI=1S/C42H52N12/c1-25-21-43-29(5)47(25)51-35-17-15-33(41(9,10)11)19-37(35)53(49-27(3)23-45-31(49)7)39(51)40-52(48-26(2)22-44-30(48)6)36-18-16-34(42(12,13)14)20-38(36)54(40)50-28(4)24-46-32(50)8/h15-24H,1-14H3/b40-39+. The van der Waals surface area contributed by atoms with Crippen molar-refractivity contribution < 1.29 is 0 Å². The van der Waals surface area contributed by atoms with Crippen LogP contribution in [0.3, 0.4) is 0 Å². The van der Waals surface area contributed by atoms with E-state index in [-0.39, 0.29) is 10.8 Å². The first-order valence-corrected chi connectivity index (χ1v) is 18.7. The number of imidazole rings is 4. The van der Waals surface area contributed by atoms with Crippen molar-refractivity contribution in [3.8, 4) is 0 Å². The highest BCUT2D eigenvalue weighted by atomic mass is 15.8. The van der Waals surface area contributed by atoms with Crippen molar-refractivity contribution in [3.63, 3.8) is 0 Å². The van der Waals surface area contributed by atoms with Crippen molar-refractivity contribution >= 4 is 22.7 Å². The molecule has 0 amide bonds. The topological polar surface area (TPSA) is 84.2 Å². The summed E-state index contributed by atoms with van der Waals surface area (Å²) in [6, 6.07) is 13.7. The lowest BCUT2D eigenvalue weighted by Gasteiger charge is -2.36. The van der Waals surface area contributed by atoms with E-state index in [0.717, 1.165) is 80.5 Å². The van der Waals surface area contributed by atoms with Gasteiger partial charge < -0.3 is 0 Å². The summed E-state index contributed by atoms with van der Waals surface area (Å²) < 4.78 is 8.91. The van der Waals surface area contributed by atoms with E-state index >= 15 is 0 Å². The van der Waals surface area contributed by atoms with Gasteiger partial charge in [-0.1, -0.05) is 53.7 Å². The molecule has 12 heteroatoms. The van der Waals surface area contributed by atoms with E-state index in [9.17, 15) is 0 Å². The Labute approximate surface area is 318 Å². The van der Waals surface area contributed by atoms with E-state index in [1.54, 1.807) is 0 Å². The van der Waals surface area contributed by atoms with Gasteiger partial charge in [0.2, 0.25) is 0 Å². The fraction of sp³-hybridized carbons (Fsp3) is 0.381. The number of hydrogen-bond acceptors (Lipinski definition) is 8. The maximum absolute atomic E-state index is 4.86. The molecular weight excluding hydrogens is 673 g/mol. The number of nitrogens with zero attached hydrogens (tertiary/aromatic N) is 12. The molecule has 4 aromatic heterocycles. The average Bonchev–Trinajstić information content (AvgIpc) is 3.92. The lowest BCUT2D eigenvalue weighted by Crippen LogP contribution is -2.46. The van der Waals surface area contributed by atoms with E-state index in [2.05, 4.69) is 172 Å². The van der Waals surface area contributed by atoms with Crippen LogP contribution in [0, 0.1) is 55.4 Å². The minimum atomic E-state index is -0.0949. The maximum Gasteiger partial charge on any atom is 0.198 e. The van der Waals surface area contributed by atoms with E-state index < -0.39 is 0 Å². The van der Waals surface area contributed by atoms with Crippen molar-refractivity contribution in [2.24, 2.45) is 0 Å². The molecule has 0 N–H and O–H groups in total. The van der Waals surface area contributed by atoms with Gasteiger partial charge in [-0.05, 0) is 102 Å². The minimum Gasteiger partial charge on any atom is -0.240 e. The molecular formula is C42H52N12. The van der Waals surface area contributed by atoms with Crippen LogP contribution < -0.4 is 20.0 Å². The number of fused-ring (bicyclic) bond motifs is 2. The summed E-state index contributed by atoms with van der Waals surface area (Å²) in [5.41, 5.74) is 10.4. The molecule has 0 atom stereocenters. The molecule has 280 valence electrons. The van der Waals surface area contributed by atoms with Gasteiger partial charge in [-0.25, -0.2) is 58.7 Å². The second-order valence-corrected chi connectivity index (χ2v) is 16.8. The van der Waals surface area contributed by atoms with Crippen molar-refractivity contribution in [2.45, 2.75) is 108 Å². The van der Waals surface area contributed by atoms with Gasteiger partial charge in [-0.15, -0.1) is 0 Å². The number of rotatable bonds is 4. The van der Waals surface area contributed by atoms with Gasteiger partial charge in [0.1, 0.15) is 23.3 Å². The van der Waals surface area contributed by atoms with Gasteiger partial charge >= 0.3 is 0 Å².